The molecule has 0 amide bonds. The molecule has 2 heteroatoms. The smallest absolute Gasteiger partial charge is 0.0195 e. The number of nitrogens with one attached hydrogen (secondary N) is 1. The van der Waals surface area contributed by atoms with Crippen LogP contribution in [-0.2, 0) is 0 Å². The van der Waals surface area contributed by atoms with E-state index in [0.29, 0.717) is 0 Å². The Balaban J connectivity index is 1.55. The molecule has 0 aromatic rings. The maximum atomic E-state index is 3.68. The average molecular weight is 236 g/mol. The lowest BCUT2D eigenvalue weighted by atomic mass is 9.86. The van der Waals surface area contributed by atoms with Crippen LogP contribution in [0.4, 0.5) is 0 Å². The van der Waals surface area contributed by atoms with Crippen molar-refractivity contribution in [2.45, 2.75) is 76.4 Å². The van der Waals surface area contributed by atoms with Gasteiger partial charge in [-0.25, -0.2) is 0 Å². The van der Waals surface area contributed by atoms with E-state index in [4.69, 9.17) is 0 Å². The van der Waals surface area contributed by atoms with Gasteiger partial charge in [-0.1, -0.05) is 6.92 Å². The second kappa shape index (κ2) is 5.27. The minimum atomic E-state index is 0.801. The van der Waals surface area contributed by atoms with Gasteiger partial charge in [-0.2, -0.15) is 0 Å². The minimum Gasteiger partial charge on any atom is -0.313 e. The third-order valence-corrected chi connectivity index (χ3v) is 5.06. The van der Waals surface area contributed by atoms with Gasteiger partial charge in [0.25, 0.3) is 0 Å². The third kappa shape index (κ3) is 3.03. The lowest BCUT2D eigenvalue weighted by Crippen LogP contribution is -2.46. The van der Waals surface area contributed by atoms with Crippen LogP contribution in [0.15, 0.2) is 0 Å². The Bertz CT molecular complexity index is 235. The molecule has 1 atom stereocenters. The van der Waals surface area contributed by atoms with Crippen LogP contribution in [0.3, 0.4) is 0 Å². The molecule has 2 nitrogen and oxygen atoms in total. The summed E-state index contributed by atoms with van der Waals surface area (Å²) >= 11 is 0. The summed E-state index contributed by atoms with van der Waals surface area (Å²) in [7, 11) is 0. The van der Waals surface area contributed by atoms with Crippen molar-refractivity contribution in [3.63, 3.8) is 0 Å². The maximum absolute atomic E-state index is 3.68. The van der Waals surface area contributed by atoms with Crippen molar-refractivity contribution in [3.05, 3.63) is 0 Å². The molecule has 0 aromatic heterocycles. The molecule has 2 aliphatic carbocycles. The Hall–Kier alpha value is -0.0800. The normalized spacial score (nSPS) is 38.8. The van der Waals surface area contributed by atoms with Gasteiger partial charge >= 0.3 is 0 Å². The van der Waals surface area contributed by atoms with E-state index >= 15 is 0 Å². The first-order valence-corrected chi connectivity index (χ1v) is 7.82. The summed E-state index contributed by atoms with van der Waals surface area (Å²) in [4.78, 5) is 2.88. The van der Waals surface area contributed by atoms with Crippen LogP contribution in [0.25, 0.3) is 0 Å². The Labute approximate surface area is 106 Å². The van der Waals surface area contributed by atoms with Crippen LogP contribution in [0, 0.1) is 5.92 Å². The Morgan fingerprint density at radius 1 is 0.941 bits per heavy atom. The van der Waals surface area contributed by atoms with Crippen LogP contribution in [-0.4, -0.2) is 36.1 Å². The molecule has 1 N–H and O–H groups in total. The fourth-order valence-electron chi connectivity index (χ4n) is 3.74. The van der Waals surface area contributed by atoms with Gasteiger partial charge in [0.2, 0.25) is 0 Å². The number of nitrogens with zero attached hydrogens (tertiary/aromatic N) is 1. The first-order valence-electron chi connectivity index (χ1n) is 7.82. The molecule has 17 heavy (non-hydrogen) atoms. The number of hydrogen-bond acceptors (Lipinski definition) is 2. The van der Waals surface area contributed by atoms with Crippen molar-refractivity contribution in [2.75, 3.05) is 13.1 Å². The lowest BCUT2D eigenvalue weighted by Gasteiger charge is -2.37. The summed E-state index contributed by atoms with van der Waals surface area (Å²) in [5.74, 6) is 0.983. The monoisotopic (exact) mass is 236 g/mol. The van der Waals surface area contributed by atoms with Crippen LogP contribution >= 0.6 is 0 Å². The SMILES string of the molecule is CC1CCC(N(CC2CCCN2)C2CC2)CC1. The highest BCUT2D eigenvalue weighted by atomic mass is 15.2. The predicted molar refractivity (Wildman–Crippen MR) is 72.2 cm³/mol. The first kappa shape index (κ1) is 12.0. The molecule has 0 bridgehead atoms. The van der Waals surface area contributed by atoms with Gasteiger partial charge in [0, 0.05) is 24.7 Å². The fourth-order valence-corrected chi connectivity index (χ4v) is 3.74. The molecule has 2 saturated carbocycles. The molecule has 0 spiro atoms. The Morgan fingerprint density at radius 2 is 1.59 bits per heavy atom. The van der Waals surface area contributed by atoms with Gasteiger partial charge in [0.05, 0.1) is 0 Å². The molecule has 0 radical (unpaired) electrons. The minimum absolute atomic E-state index is 0.801. The molecular weight excluding hydrogens is 208 g/mol. The summed E-state index contributed by atoms with van der Waals surface area (Å²) in [6.45, 7) is 5.02. The standard InChI is InChI=1S/C15H28N2/c1-12-4-6-14(7-5-12)17(15-8-9-15)11-13-3-2-10-16-13/h12-16H,2-11H2,1H3. The second-order valence-corrected chi connectivity index (χ2v) is 6.63. The van der Waals surface area contributed by atoms with Crippen molar-refractivity contribution >= 4 is 0 Å². The van der Waals surface area contributed by atoms with Gasteiger partial charge in [-0.3, -0.25) is 4.90 Å². The highest BCUT2D eigenvalue weighted by Gasteiger charge is 2.36. The summed E-state index contributed by atoms with van der Waals surface area (Å²) < 4.78 is 0. The fraction of sp³-hybridized carbons (Fsp3) is 1.00. The number of hydrogen-bond donors (Lipinski definition) is 1. The molecule has 1 saturated heterocycles. The van der Waals surface area contributed by atoms with E-state index in [1.54, 1.807) is 0 Å². The van der Waals surface area contributed by atoms with E-state index in [9.17, 15) is 0 Å². The van der Waals surface area contributed by atoms with Crippen LogP contribution in [0.2, 0.25) is 0 Å². The van der Waals surface area contributed by atoms with E-state index in [2.05, 4.69) is 17.1 Å². The largest absolute Gasteiger partial charge is 0.313 e. The molecule has 1 unspecified atom stereocenters. The summed E-state index contributed by atoms with van der Waals surface area (Å²) in [6, 6.07) is 2.67. The zero-order chi connectivity index (χ0) is 11.7. The summed E-state index contributed by atoms with van der Waals surface area (Å²) in [5, 5.41) is 3.68. The van der Waals surface area contributed by atoms with E-state index in [1.807, 2.05) is 0 Å². The third-order valence-electron chi connectivity index (χ3n) is 5.06. The van der Waals surface area contributed by atoms with Gasteiger partial charge in [0.1, 0.15) is 0 Å². The lowest BCUT2D eigenvalue weighted by molar-refractivity contribution is 0.121. The molecular formula is C15H28N2. The van der Waals surface area contributed by atoms with E-state index in [-0.39, 0.29) is 0 Å². The molecule has 98 valence electrons. The van der Waals surface area contributed by atoms with Crippen molar-refractivity contribution in [3.8, 4) is 0 Å². The molecule has 3 rings (SSSR count). The topological polar surface area (TPSA) is 15.3 Å². The quantitative estimate of drug-likeness (QED) is 0.807. The van der Waals surface area contributed by atoms with E-state index < -0.39 is 0 Å². The first-order chi connectivity index (χ1) is 8.33. The van der Waals surface area contributed by atoms with Crippen molar-refractivity contribution in [2.24, 2.45) is 5.92 Å². The predicted octanol–water partition coefficient (Wildman–Crippen LogP) is 2.78. The Kier molecular flexibility index (Phi) is 3.72. The zero-order valence-electron chi connectivity index (χ0n) is 11.3. The highest BCUT2D eigenvalue weighted by Crippen LogP contribution is 2.35. The van der Waals surface area contributed by atoms with Crippen LogP contribution in [0.5, 0.6) is 0 Å². The molecule has 1 aliphatic heterocycles. The number of rotatable bonds is 4. The summed E-state index contributed by atoms with van der Waals surface area (Å²) in [5.41, 5.74) is 0. The maximum Gasteiger partial charge on any atom is 0.0195 e. The van der Waals surface area contributed by atoms with Crippen LogP contribution in [0.1, 0.15) is 58.3 Å². The zero-order valence-corrected chi connectivity index (χ0v) is 11.3. The molecule has 1 heterocycles. The van der Waals surface area contributed by atoms with Gasteiger partial charge in [-0.15, -0.1) is 0 Å². The Morgan fingerprint density at radius 3 is 2.12 bits per heavy atom. The molecule has 3 aliphatic rings. The second-order valence-electron chi connectivity index (χ2n) is 6.63. The van der Waals surface area contributed by atoms with E-state index in [0.717, 1.165) is 24.0 Å². The highest BCUT2D eigenvalue weighted by molar-refractivity contribution is 4.93. The van der Waals surface area contributed by atoms with Gasteiger partial charge in [-0.05, 0) is 63.8 Å². The molecule has 0 aromatic carbocycles. The van der Waals surface area contributed by atoms with Gasteiger partial charge < -0.3 is 5.32 Å². The van der Waals surface area contributed by atoms with Crippen LogP contribution < -0.4 is 5.32 Å². The summed E-state index contributed by atoms with van der Waals surface area (Å²) in [6.07, 6.45) is 11.6. The molecule has 3 fully saturated rings. The van der Waals surface area contributed by atoms with Gasteiger partial charge in [0.15, 0.2) is 0 Å². The van der Waals surface area contributed by atoms with Crippen molar-refractivity contribution < 1.29 is 0 Å². The van der Waals surface area contributed by atoms with Crippen molar-refractivity contribution in [1.29, 1.82) is 0 Å². The average Bonchev–Trinajstić information content (AvgIpc) is 3.05. The van der Waals surface area contributed by atoms with Crippen molar-refractivity contribution in [1.82, 2.24) is 10.2 Å². The van der Waals surface area contributed by atoms with E-state index in [1.165, 1.54) is 64.5 Å².